The van der Waals surface area contributed by atoms with Gasteiger partial charge in [0.05, 0.1) is 0 Å². The van der Waals surface area contributed by atoms with E-state index < -0.39 is 11.6 Å². The summed E-state index contributed by atoms with van der Waals surface area (Å²) in [6.07, 6.45) is 4.93. The van der Waals surface area contributed by atoms with Gasteiger partial charge in [0.2, 0.25) is 0 Å². The predicted octanol–water partition coefficient (Wildman–Crippen LogP) is 4.55. The molecular weight excluding hydrogens is 258 g/mol. The smallest absolute Gasteiger partial charge is 0.159 e. The van der Waals surface area contributed by atoms with Crippen molar-refractivity contribution < 1.29 is 8.78 Å². The summed E-state index contributed by atoms with van der Waals surface area (Å²) in [5.41, 5.74) is 0.290. The van der Waals surface area contributed by atoms with Crippen molar-refractivity contribution >= 4 is 24.4 Å². The third-order valence-corrected chi connectivity index (χ3v) is 5.45. The second-order valence-corrected chi connectivity index (χ2v) is 6.09. The monoisotopic (exact) mass is 274 g/mol. The zero-order valence-corrected chi connectivity index (χ0v) is 11.3. The quantitative estimate of drug-likeness (QED) is 0.621. The number of thioether (sulfide) groups is 1. The SMILES string of the molecule is Fc1ccc(SCC2(CS)CCCC2)cc1F. The molecular formula is C13H16F2S2. The van der Waals surface area contributed by atoms with Crippen LogP contribution in [-0.4, -0.2) is 11.5 Å². The number of halogens is 2. The lowest BCUT2D eigenvalue weighted by molar-refractivity contribution is 0.403. The van der Waals surface area contributed by atoms with Gasteiger partial charge in [-0.15, -0.1) is 11.8 Å². The Labute approximate surface area is 111 Å². The summed E-state index contributed by atoms with van der Waals surface area (Å²) in [6, 6.07) is 4.12. The summed E-state index contributed by atoms with van der Waals surface area (Å²) < 4.78 is 25.8. The van der Waals surface area contributed by atoms with E-state index in [4.69, 9.17) is 0 Å². The second-order valence-electron chi connectivity index (χ2n) is 4.73. The molecule has 1 aromatic carbocycles. The van der Waals surface area contributed by atoms with E-state index in [1.165, 1.54) is 37.8 Å². The van der Waals surface area contributed by atoms with E-state index >= 15 is 0 Å². The van der Waals surface area contributed by atoms with E-state index in [1.54, 1.807) is 17.8 Å². The van der Waals surface area contributed by atoms with Gasteiger partial charge in [-0.1, -0.05) is 12.8 Å². The normalized spacial score (nSPS) is 18.5. The van der Waals surface area contributed by atoms with Crippen LogP contribution in [0.25, 0.3) is 0 Å². The maximum Gasteiger partial charge on any atom is 0.159 e. The highest BCUT2D eigenvalue weighted by atomic mass is 32.2. The van der Waals surface area contributed by atoms with Gasteiger partial charge in [0.25, 0.3) is 0 Å². The molecule has 1 aliphatic rings. The van der Waals surface area contributed by atoms with Gasteiger partial charge in [-0.25, -0.2) is 8.78 Å². The maximum absolute atomic E-state index is 13.1. The molecule has 0 amide bonds. The Morgan fingerprint density at radius 3 is 2.47 bits per heavy atom. The molecule has 0 atom stereocenters. The first-order valence-electron chi connectivity index (χ1n) is 5.84. The zero-order chi connectivity index (χ0) is 12.3. The fourth-order valence-corrected chi connectivity index (χ4v) is 4.07. The highest BCUT2D eigenvalue weighted by molar-refractivity contribution is 7.99. The van der Waals surface area contributed by atoms with Crippen LogP contribution in [0.1, 0.15) is 25.7 Å². The van der Waals surface area contributed by atoms with Crippen molar-refractivity contribution in [2.75, 3.05) is 11.5 Å². The second kappa shape index (κ2) is 5.61. The van der Waals surface area contributed by atoms with E-state index in [9.17, 15) is 8.78 Å². The highest BCUT2D eigenvalue weighted by Gasteiger charge is 2.32. The summed E-state index contributed by atoms with van der Waals surface area (Å²) in [6.45, 7) is 0. The largest absolute Gasteiger partial charge is 0.204 e. The van der Waals surface area contributed by atoms with E-state index in [1.807, 2.05) is 0 Å². The van der Waals surface area contributed by atoms with Gasteiger partial charge < -0.3 is 0 Å². The molecule has 1 saturated carbocycles. The summed E-state index contributed by atoms with van der Waals surface area (Å²) in [7, 11) is 0. The van der Waals surface area contributed by atoms with E-state index in [2.05, 4.69) is 12.6 Å². The van der Waals surface area contributed by atoms with Crippen molar-refractivity contribution in [3.63, 3.8) is 0 Å². The number of thiol groups is 1. The van der Waals surface area contributed by atoms with Gasteiger partial charge in [0.15, 0.2) is 11.6 Å². The average Bonchev–Trinajstić information content (AvgIpc) is 2.80. The van der Waals surface area contributed by atoms with Gasteiger partial charge in [0, 0.05) is 10.6 Å². The Bertz CT molecular complexity index is 387. The van der Waals surface area contributed by atoms with Crippen molar-refractivity contribution in [1.29, 1.82) is 0 Å². The molecule has 0 nitrogen and oxygen atoms in total. The molecule has 2 rings (SSSR count). The molecule has 0 saturated heterocycles. The van der Waals surface area contributed by atoms with Crippen LogP contribution in [0.3, 0.4) is 0 Å². The molecule has 0 aliphatic heterocycles. The molecule has 0 radical (unpaired) electrons. The third-order valence-electron chi connectivity index (χ3n) is 3.44. The molecule has 0 heterocycles. The Balaban J connectivity index is 1.99. The molecule has 1 fully saturated rings. The van der Waals surface area contributed by atoms with Crippen LogP contribution in [0.15, 0.2) is 23.1 Å². The van der Waals surface area contributed by atoms with Crippen molar-refractivity contribution in [3.8, 4) is 0 Å². The maximum atomic E-state index is 13.1. The van der Waals surface area contributed by atoms with Gasteiger partial charge >= 0.3 is 0 Å². The standard InChI is InChI=1S/C13H16F2S2/c14-11-4-3-10(7-12(11)15)17-9-13(8-16)5-1-2-6-13/h3-4,7,16H,1-2,5-6,8-9H2. The van der Waals surface area contributed by atoms with Crippen molar-refractivity contribution in [3.05, 3.63) is 29.8 Å². The Morgan fingerprint density at radius 1 is 1.18 bits per heavy atom. The molecule has 17 heavy (non-hydrogen) atoms. The van der Waals surface area contributed by atoms with Crippen molar-refractivity contribution in [2.24, 2.45) is 5.41 Å². The van der Waals surface area contributed by atoms with Crippen LogP contribution in [0.5, 0.6) is 0 Å². The zero-order valence-electron chi connectivity index (χ0n) is 9.59. The first kappa shape index (κ1) is 13.2. The van der Waals surface area contributed by atoms with Crippen LogP contribution in [0, 0.1) is 17.0 Å². The van der Waals surface area contributed by atoms with E-state index in [0.717, 1.165) is 16.4 Å². The minimum atomic E-state index is -0.779. The highest BCUT2D eigenvalue weighted by Crippen LogP contribution is 2.43. The predicted molar refractivity (Wildman–Crippen MR) is 71.8 cm³/mol. The third kappa shape index (κ3) is 3.16. The summed E-state index contributed by atoms with van der Waals surface area (Å²) in [4.78, 5) is 0.803. The Kier molecular flexibility index (Phi) is 4.36. The molecule has 0 N–H and O–H groups in total. The summed E-state index contributed by atoms with van der Waals surface area (Å²) in [5, 5.41) is 0. The van der Waals surface area contributed by atoms with Gasteiger partial charge in [-0.3, -0.25) is 0 Å². The fraction of sp³-hybridized carbons (Fsp3) is 0.538. The molecule has 4 heteroatoms. The molecule has 1 aromatic rings. The van der Waals surface area contributed by atoms with Gasteiger partial charge in [-0.2, -0.15) is 12.6 Å². The number of rotatable bonds is 4. The Morgan fingerprint density at radius 2 is 1.88 bits per heavy atom. The molecule has 0 spiro atoms. The lowest BCUT2D eigenvalue weighted by atomic mass is 9.91. The lowest BCUT2D eigenvalue weighted by Gasteiger charge is -2.26. The molecule has 0 aromatic heterocycles. The van der Waals surface area contributed by atoms with Crippen LogP contribution in [0.4, 0.5) is 8.78 Å². The molecule has 0 bridgehead atoms. The van der Waals surface area contributed by atoms with Gasteiger partial charge in [0.1, 0.15) is 0 Å². The van der Waals surface area contributed by atoms with Crippen LogP contribution in [0.2, 0.25) is 0 Å². The van der Waals surface area contributed by atoms with Crippen LogP contribution >= 0.6 is 24.4 Å². The van der Waals surface area contributed by atoms with Crippen molar-refractivity contribution in [2.45, 2.75) is 30.6 Å². The first-order valence-corrected chi connectivity index (χ1v) is 7.46. The summed E-state index contributed by atoms with van der Waals surface area (Å²) in [5.74, 6) is 0.283. The fourth-order valence-electron chi connectivity index (χ4n) is 2.28. The molecule has 1 aliphatic carbocycles. The number of hydrogen-bond donors (Lipinski definition) is 1. The van der Waals surface area contributed by atoms with Crippen LogP contribution in [-0.2, 0) is 0 Å². The van der Waals surface area contributed by atoms with Crippen molar-refractivity contribution in [1.82, 2.24) is 0 Å². The van der Waals surface area contributed by atoms with E-state index in [0.29, 0.717) is 5.41 Å². The first-order chi connectivity index (χ1) is 8.15. The molecule has 94 valence electrons. The number of benzene rings is 1. The average molecular weight is 274 g/mol. The minimum Gasteiger partial charge on any atom is -0.204 e. The summed E-state index contributed by atoms with van der Waals surface area (Å²) >= 11 is 6.05. The minimum absolute atomic E-state index is 0.290. The number of hydrogen-bond acceptors (Lipinski definition) is 2. The molecule has 0 unspecified atom stereocenters. The van der Waals surface area contributed by atoms with Crippen LogP contribution < -0.4 is 0 Å². The topological polar surface area (TPSA) is 0 Å². The Hall–Kier alpha value is -0.220. The van der Waals surface area contributed by atoms with E-state index in [-0.39, 0.29) is 0 Å². The lowest BCUT2D eigenvalue weighted by Crippen LogP contribution is -2.21. The van der Waals surface area contributed by atoms with Gasteiger partial charge in [-0.05, 0) is 42.2 Å².